The lowest BCUT2D eigenvalue weighted by molar-refractivity contribution is 0.0635. The summed E-state index contributed by atoms with van der Waals surface area (Å²) in [4.78, 5) is 32.0. The topological polar surface area (TPSA) is 103 Å². The molecular formula is C14H20N6O3. The number of hydrogen-bond donors (Lipinski definition) is 2. The van der Waals surface area contributed by atoms with Crippen LogP contribution in [0.15, 0.2) is 18.7 Å². The Morgan fingerprint density at radius 1 is 1.13 bits per heavy atom. The van der Waals surface area contributed by atoms with Gasteiger partial charge in [0.1, 0.15) is 5.60 Å². The lowest BCUT2D eigenvalue weighted by Gasteiger charge is -2.18. The first kappa shape index (κ1) is 16.5. The van der Waals surface area contributed by atoms with Crippen molar-refractivity contribution in [2.75, 3.05) is 10.6 Å². The fraction of sp³-hybridized carbons (Fsp3) is 0.429. The normalized spacial score (nSPS) is 11.2. The Balaban J connectivity index is 2.05. The highest BCUT2D eigenvalue weighted by Crippen LogP contribution is 2.12. The summed E-state index contributed by atoms with van der Waals surface area (Å²) in [6, 6.07) is 0. The lowest BCUT2D eigenvalue weighted by Crippen LogP contribution is -2.27. The van der Waals surface area contributed by atoms with Crippen molar-refractivity contribution in [3.05, 3.63) is 24.5 Å². The molecule has 0 spiro atoms. The first-order chi connectivity index (χ1) is 10.6. The van der Waals surface area contributed by atoms with Crippen molar-refractivity contribution in [3.8, 4) is 0 Å². The highest BCUT2D eigenvalue weighted by Gasteiger charge is 2.19. The van der Waals surface area contributed by atoms with E-state index in [9.17, 15) is 9.59 Å². The zero-order valence-electron chi connectivity index (χ0n) is 13.7. The summed E-state index contributed by atoms with van der Waals surface area (Å²) < 4.78 is 8.35. The molecule has 2 aromatic rings. The predicted octanol–water partition coefficient (Wildman–Crippen LogP) is 1.75. The van der Waals surface area contributed by atoms with Crippen molar-refractivity contribution in [2.24, 2.45) is 14.1 Å². The Kier molecular flexibility index (Phi) is 4.39. The van der Waals surface area contributed by atoms with Gasteiger partial charge in [-0.15, -0.1) is 0 Å². The number of hydrogen-bond acceptors (Lipinski definition) is 5. The molecule has 2 N–H and O–H groups in total. The van der Waals surface area contributed by atoms with Crippen LogP contribution in [0.25, 0.3) is 0 Å². The zero-order valence-corrected chi connectivity index (χ0v) is 13.7. The highest BCUT2D eigenvalue weighted by molar-refractivity contribution is 6.01. The van der Waals surface area contributed by atoms with E-state index in [4.69, 9.17) is 4.74 Å². The minimum Gasteiger partial charge on any atom is -0.444 e. The van der Waals surface area contributed by atoms with E-state index in [1.54, 1.807) is 52.0 Å². The molecule has 0 unspecified atom stereocenters. The van der Waals surface area contributed by atoms with Crippen LogP contribution in [0.1, 0.15) is 31.4 Å². The van der Waals surface area contributed by atoms with E-state index in [0.717, 1.165) is 0 Å². The maximum atomic E-state index is 12.2. The van der Waals surface area contributed by atoms with Crippen LogP contribution in [0.2, 0.25) is 0 Å². The van der Waals surface area contributed by atoms with Crippen molar-refractivity contribution in [1.29, 1.82) is 0 Å². The molecule has 2 aromatic heterocycles. The van der Waals surface area contributed by atoms with Crippen molar-refractivity contribution >= 4 is 23.6 Å². The van der Waals surface area contributed by atoms with Crippen LogP contribution in [0.5, 0.6) is 0 Å². The number of anilines is 2. The van der Waals surface area contributed by atoms with E-state index < -0.39 is 17.6 Å². The van der Waals surface area contributed by atoms with E-state index in [2.05, 4.69) is 20.6 Å². The fourth-order valence-corrected chi connectivity index (χ4v) is 1.80. The average Bonchev–Trinajstić information content (AvgIpc) is 2.93. The van der Waals surface area contributed by atoms with Crippen LogP contribution in [0.3, 0.4) is 0 Å². The molecule has 0 aliphatic carbocycles. The third kappa shape index (κ3) is 4.56. The molecule has 0 aliphatic heterocycles. The first-order valence-corrected chi connectivity index (χ1v) is 6.97. The van der Waals surface area contributed by atoms with E-state index in [1.807, 2.05) is 0 Å². The minimum atomic E-state index is -0.632. The molecule has 0 aliphatic rings. The molecule has 0 saturated heterocycles. The Morgan fingerprint density at radius 2 is 1.83 bits per heavy atom. The Morgan fingerprint density at radius 3 is 2.39 bits per heavy atom. The molecule has 0 atom stereocenters. The van der Waals surface area contributed by atoms with E-state index in [0.29, 0.717) is 5.82 Å². The SMILES string of the molecule is Cn1cnc(NC(=O)c2nc(NC(=O)OC(C)(C)C)cn2C)c1. The second-order valence-electron chi connectivity index (χ2n) is 6.07. The van der Waals surface area contributed by atoms with Crippen molar-refractivity contribution in [2.45, 2.75) is 26.4 Å². The van der Waals surface area contributed by atoms with Gasteiger partial charge in [0, 0.05) is 26.5 Å². The van der Waals surface area contributed by atoms with Crippen LogP contribution in [0, 0.1) is 0 Å². The number of amides is 2. The molecular weight excluding hydrogens is 300 g/mol. The number of ether oxygens (including phenoxy) is 1. The largest absolute Gasteiger partial charge is 0.444 e. The highest BCUT2D eigenvalue weighted by atomic mass is 16.6. The third-order valence-corrected chi connectivity index (χ3v) is 2.65. The first-order valence-electron chi connectivity index (χ1n) is 6.97. The molecule has 0 fully saturated rings. The Labute approximate surface area is 133 Å². The summed E-state index contributed by atoms with van der Waals surface area (Å²) in [6.45, 7) is 5.28. The number of carbonyl (C=O) groups excluding carboxylic acids is 2. The predicted molar refractivity (Wildman–Crippen MR) is 84.2 cm³/mol. The molecule has 9 heteroatoms. The van der Waals surface area contributed by atoms with Crippen molar-refractivity contribution < 1.29 is 14.3 Å². The van der Waals surface area contributed by atoms with Crippen molar-refractivity contribution in [3.63, 3.8) is 0 Å². The Bertz CT molecular complexity index is 725. The second kappa shape index (κ2) is 6.11. The van der Waals surface area contributed by atoms with Gasteiger partial charge in [-0.2, -0.15) is 0 Å². The van der Waals surface area contributed by atoms with Gasteiger partial charge in [0.15, 0.2) is 11.6 Å². The number of aryl methyl sites for hydroxylation is 2. The molecule has 124 valence electrons. The molecule has 0 bridgehead atoms. The van der Waals surface area contributed by atoms with E-state index >= 15 is 0 Å². The summed E-state index contributed by atoms with van der Waals surface area (Å²) in [5.74, 6) is 0.361. The maximum Gasteiger partial charge on any atom is 0.413 e. The van der Waals surface area contributed by atoms with E-state index in [-0.39, 0.29) is 11.6 Å². The molecule has 0 aromatic carbocycles. The van der Waals surface area contributed by atoms with Crippen molar-refractivity contribution in [1.82, 2.24) is 19.1 Å². The summed E-state index contributed by atoms with van der Waals surface area (Å²) in [6.07, 6.45) is 4.13. The molecule has 2 rings (SSSR count). The lowest BCUT2D eigenvalue weighted by atomic mass is 10.2. The fourth-order valence-electron chi connectivity index (χ4n) is 1.80. The van der Waals surface area contributed by atoms with Gasteiger partial charge in [0.2, 0.25) is 5.82 Å². The van der Waals surface area contributed by atoms with Crippen LogP contribution >= 0.6 is 0 Å². The third-order valence-electron chi connectivity index (χ3n) is 2.65. The average molecular weight is 320 g/mol. The molecule has 0 radical (unpaired) electrons. The molecule has 0 saturated carbocycles. The molecule has 23 heavy (non-hydrogen) atoms. The number of imidazole rings is 2. The van der Waals surface area contributed by atoms with Crippen LogP contribution in [0.4, 0.5) is 16.4 Å². The van der Waals surface area contributed by atoms with Gasteiger partial charge in [-0.05, 0) is 20.8 Å². The van der Waals surface area contributed by atoms with Gasteiger partial charge in [0.05, 0.1) is 6.33 Å². The summed E-state index contributed by atoms with van der Waals surface area (Å²) in [5, 5.41) is 5.12. The number of nitrogens with one attached hydrogen (secondary N) is 2. The number of carbonyl (C=O) groups is 2. The molecule has 2 amide bonds. The number of rotatable bonds is 3. The van der Waals surface area contributed by atoms with Crippen LogP contribution < -0.4 is 10.6 Å². The van der Waals surface area contributed by atoms with Gasteiger partial charge < -0.3 is 19.2 Å². The van der Waals surface area contributed by atoms with Gasteiger partial charge in [0.25, 0.3) is 5.91 Å². The summed E-state index contributed by atoms with van der Waals surface area (Å²) in [7, 11) is 3.45. The standard InChI is InChI=1S/C14H20N6O3/c1-14(2,3)23-13(22)18-10-7-20(5)11(16-10)12(21)17-9-6-19(4)8-15-9/h6-8H,1-5H3,(H,17,21)(H,18,22). The molecule has 9 nitrogen and oxygen atoms in total. The Hall–Kier alpha value is -2.84. The number of aromatic nitrogens is 4. The van der Waals surface area contributed by atoms with Gasteiger partial charge in [-0.25, -0.2) is 14.8 Å². The minimum absolute atomic E-state index is 0.140. The maximum absolute atomic E-state index is 12.2. The quantitative estimate of drug-likeness (QED) is 0.897. The van der Waals surface area contributed by atoms with Gasteiger partial charge in [-0.1, -0.05) is 0 Å². The monoisotopic (exact) mass is 320 g/mol. The van der Waals surface area contributed by atoms with Gasteiger partial charge >= 0.3 is 6.09 Å². The van der Waals surface area contributed by atoms with E-state index in [1.165, 1.54) is 10.8 Å². The number of nitrogens with zero attached hydrogens (tertiary/aromatic N) is 4. The summed E-state index contributed by atoms with van der Waals surface area (Å²) >= 11 is 0. The molecule has 2 heterocycles. The van der Waals surface area contributed by atoms with Crippen LogP contribution in [-0.2, 0) is 18.8 Å². The van der Waals surface area contributed by atoms with Crippen LogP contribution in [-0.4, -0.2) is 36.7 Å². The zero-order chi connectivity index (χ0) is 17.2. The van der Waals surface area contributed by atoms with Gasteiger partial charge in [-0.3, -0.25) is 10.1 Å². The second-order valence-corrected chi connectivity index (χ2v) is 6.07. The smallest absolute Gasteiger partial charge is 0.413 e. The summed E-state index contributed by atoms with van der Waals surface area (Å²) in [5.41, 5.74) is -0.613.